The molecule has 162 valence electrons. The molecule has 0 fully saturated rings. The van der Waals surface area contributed by atoms with E-state index in [1.807, 2.05) is 18.2 Å². The quantitative estimate of drug-likeness (QED) is 0.533. The second-order valence-corrected chi connectivity index (χ2v) is 6.59. The number of methoxy groups -OCH3 is 3. The summed E-state index contributed by atoms with van der Waals surface area (Å²) in [5, 5.41) is 7.00. The summed E-state index contributed by atoms with van der Waals surface area (Å²) in [6.45, 7) is 0.463. The highest BCUT2D eigenvalue weighted by atomic mass is 16.5. The van der Waals surface area contributed by atoms with Crippen molar-refractivity contribution in [2.75, 3.05) is 33.6 Å². The molecule has 0 bridgehead atoms. The maximum Gasteiger partial charge on any atom is 0.343 e. The normalized spacial score (nSPS) is 10.4. The molecule has 1 heterocycles. The number of hydrogen-bond donors (Lipinski definition) is 2. The van der Waals surface area contributed by atoms with Gasteiger partial charge in [-0.3, -0.25) is 4.79 Å². The van der Waals surface area contributed by atoms with Gasteiger partial charge in [-0.1, -0.05) is 6.07 Å². The van der Waals surface area contributed by atoms with Crippen molar-refractivity contribution in [2.45, 2.75) is 6.42 Å². The number of amides is 1. The lowest BCUT2D eigenvalue weighted by Crippen LogP contribution is -2.25. The Balaban J connectivity index is 1.61. The van der Waals surface area contributed by atoms with Gasteiger partial charge < -0.3 is 25.3 Å². The number of nitrogens with two attached hydrogens (primary N) is 1. The lowest BCUT2D eigenvalue weighted by molar-refractivity contribution is 0.0601. The number of nitrogens with one attached hydrogen (secondary N) is 1. The van der Waals surface area contributed by atoms with E-state index in [4.69, 9.17) is 15.2 Å². The Labute approximate surface area is 179 Å². The minimum absolute atomic E-state index is 0.166. The molecule has 0 saturated carbocycles. The molecule has 3 aromatic rings. The molecule has 31 heavy (non-hydrogen) atoms. The molecule has 9 nitrogen and oxygen atoms in total. The Morgan fingerprint density at radius 1 is 1.03 bits per heavy atom. The topological polar surface area (TPSA) is 118 Å². The van der Waals surface area contributed by atoms with Gasteiger partial charge in [-0.05, 0) is 48.4 Å². The van der Waals surface area contributed by atoms with Crippen molar-refractivity contribution in [3.05, 3.63) is 65.4 Å². The average Bonchev–Trinajstić information content (AvgIpc) is 3.19. The van der Waals surface area contributed by atoms with Crippen LogP contribution in [-0.4, -0.2) is 49.5 Å². The zero-order valence-corrected chi connectivity index (χ0v) is 17.5. The first kappa shape index (κ1) is 21.7. The number of nitrogen functional groups attached to an aromatic ring is 1. The SMILES string of the molecule is COC(=O)c1cnn(-c2ccc(C(=O)NCCc3ccc(OC)c(OC)c3)cc2)c1N. The van der Waals surface area contributed by atoms with Crippen molar-refractivity contribution in [3.63, 3.8) is 0 Å². The van der Waals surface area contributed by atoms with E-state index in [-0.39, 0.29) is 17.3 Å². The summed E-state index contributed by atoms with van der Waals surface area (Å²) in [5.74, 6) is 0.714. The van der Waals surface area contributed by atoms with Crippen molar-refractivity contribution in [1.29, 1.82) is 0 Å². The van der Waals surface area contributed by atoms with Crippen LogP contribution >= 0.6 is 0 Å². The molecule has 2 aromatic carbocycles. The molecule has 0 aliphatic rings. The van der Waals surface area contributed by atoms with E-state index in [2.05, 4.69) is 15.2 Å². The molecule has 1 amide bonds. The van der Waals surface area contributed by atoms with Gasteiger partial charge in [0.2, 0.25) is 0 Å². The minimum Gasteiger partial charge on any atom is -0.493 e. The van der Waals surface area contributed by atoms with Crippen LogP contribution in [-0.2, 0) is 11.2 Å². The van der Waals surface area contributed by atoms with Crippen LogP contribution in [0.5, 0.6) is 11.5 Å². The number of carbonyl (C=O) groups excluding carboxylic acids is 2. The Kier molecular flexibility index (Phi) is 6.76. The Hall–Kier alpha value is -4.01. The van der Waals surface area contributed by atoms with E-state index in [1.54, 1.807) is 38.5 Å². The highest BCUT2D eigenvalue weighted by Gasteiger charge is 2.16. The molecule has 0 aliphatic carbocycles. The van der Waals surface area contributed by atoms with Crippen LogP contribution in [0.2, 0.25) is 0 Å². The molecule has 0 aliphatic heterocycles. The summed E-state index contributed by atoms with van der Waals surface area (Å²) < 4.78 is 16.6. The van der Waals surface area contributed by atoms with Crippen LogP contribution in [0.3, 0.4) is 0 Å². The van der Waals surface area contributed by atoms with Gasteiger partial charge in [-0.25, -0.2) is 9.48 Å². The molecule has 0 atom stereocenters. The molecule has 0 spiro atoms. The fourth-order valence-electron chi connectivity index (χ4n) is 3.04. The lowest BCUT2D eigenvalue weighted by Gasteiger charge is -2.10. The van der Waals surface area contributed by atoms with Gasteiger partial charge in [0.1, 0.15) is 11.4 Å². The van der Waals surface area contributed by atoms with Crippen molar-refractivity contribution in [3.8, 4) is 17.2 Å². The molecule has 0 radical (unpaired) electrons. The first-order valence-corrected chi connectivity index (χ1v) is 9.49. The van der Waals surface area contributed by atoms with Crippen LogP contribution in [0.1, 0.15) is 26.3 Å². The number of hydrogen-bond acceptors (Lipinski definition) is 7. The molecule has 1 aromatic heterocycles. The smallest absolute Gasteiger partial charge is 0.343 e. The van der Waals surface area contributed by atoms with E-state index in [0.29, 0.717) is 35.7 Å². The monoisotopic (exact) mass is 424 g/mol. The molecule has 0 unspecified atom stereocenters. The third-order valence-electron chi connectivity index (χ3n) is 4.73. The second kappa shape index (κ2) is 9.66. The van der Waals surface area contributed by atoms with E-state index in [0.717, 1.165) is 5.56 Å². The number of benzene rings is 2. The van der Waals surface area contributed by atoms with Crippen LogP contribution < -0.4 is 20.5 Å². The zero-order chi connectivity index (χ0) is 22.4. The van der Waals surface area contributed by atoms with Gasteiger partial charge in [0.25, 0.3) is 5.91 Å². The molecule has 3 rings (SSSR count). The van der Waals surface area contributed by atoms with Gasteiger partial charge >= 0.3 is 5.97 Å². The molecule has 9 heteroatoms. The summed E-state index contributed by atoms with van der Waals surface area (Å²) in [6, 6.07) is 12.4. The highest BCUT2D eigenvalue weighted by molar-refractivity contribution is 5.95. The first-order valence-electron chi connectivity index (χ1n) is 9.49. The molecular formula is C22H24N4O5. The molecule has 0 saturated heterocycles. The van der Waals surface area contributed by atoms with Gasteiger partial charge in [0.15, 0.2) is 11.5 Å². The van der Waals surface area contributed by atoms with E-state index >= 15 is 0 Å². The summed E-state index contributed by atoms with van der Waals surface area (Å²) in [5.41, 5.74) is 8.29. The second-order valence-electron chi connectivity index (χ2n) is 6.59. The Morgan fingerprint density at radius 3 is 2.39 bits per heavy atom. The summed E-state index contributed by atoms with van der Waals surface area (Å²) in [7, 11) is 4.44. The van der Waals surface area contributed by atoms with Crippen LogP contribution in [0, 0.1) is 0 Å². The Morgan fingerprint density at radius 2 is 1.74 bits per heavy atom. The number of carbonyl (C=O) groups is 2. The average molecular weight is 424 g/mol. The molecule has 3 N–H and O–H groups in total. The number of esters is 1. The minimum atomic E-state index is -0.561. The van der Waals surface area contributed by atoms with Crippen molar-refractivity contribution in [1.82, 2.24) is 15.1 Å². The predicted molar refractivity (Wildman–Crippen MR) is 115 cm³/mol. The van der Waals surface area contributed by atoms with Crippen molar-refractivity contribution < 1.29 is 23.8 Å². The summed E-state index contributed by atoms with van der Waals surface area (Å²) in [6.07, 6.45) is 1.99. The fourth-order valence-corrected chi connectivity index (χ4v) is 3.04. The summed E-state index contributed by atoms with van der Waals surface area (Å²) >= 11 is 0. The Bertz CT molecular complexity index is 1080. The third kappa shape index (κ3) is 4.77. The maximum absolute atomic E-state index is 12.4. The van der Waals surface area contributed by atoms with Crippen LogP contribution in [0.15, 0.2) is 48.7 Å². The number of anilines is 1. The van der Waals surface area contributed by atoms with Crippen LogP contribution in [0.25, 0.3) is 5.69 Å². The van der Waals surface area contributed by atoms with Crippen molar-refractivity contribution >= 4 is 17.7 Å². The number of aromatic nitrogens is 2. The molecular weight excluding hydrogens is 400 g/mol. The fraction of sp³-hybridized carbons (Fsp3) is 0.227. The predicted octanol–water partition coefficient (Wildman–Crippen LogP) is 2.23. The van der Waals surface area contributed by atoms with Crippen LogP contribution in [0.4, 0.5) is 5.82 Å². The van der Waals surface area contributed by atoms with Gasteiger partial charge in [-0.15, -0.1) is 0 Å². The first-order chi connectivity index (χ1) is 15.0. The van der Waals surface area contributed by atoms with Crippen molar-refractivity contribution in [2.24, 2.45) is 0 Å². The van der Waals surface area contributed by atoms with Gasteiger partial charge in [0.05, 0.1) is 33.2 Å². The van der Waals surface area contributed by atoms with E-state index < -0.39 is 5.97 Å². The largest absolute Gasteiger partial charge is 0.493 e. The number of ether oxygens (including phenoxy) is 3. The third-order valence-corrected chi connectivity index (χ3v) is 4.73. The highest BCUT2D eigenvalue weighted by Crippen LogP contribution is 2.27. The standard InChI is InChI=1S/C22H24N4O5/c1-29-18-9-4-14(12-19(18)30-2)10-11-24-21(27)15-5-7-16(8-6-15)26-20(23)17(13-25-26)22(28)31-3/h4-9,12-13H,10-11,23H2,1-3H3,(H,24,27). The number of nitrogens with zero attached hydrogens (tertiary/aromatic N) is 2. The van der Waals surface area contributed by atoms with E-state index in [1.165, 1.54) is 18.0 Å². The lowest BCUT2D eigenvalue weighted by atomic mass is 10.1. The zero-order valence-electron chi connectivity index (χ0n) is 17.5. The van der Waals surface area contributed by atoms with E-state index in [9.17, 15) is 9.59 Å². The number of rotatable bonds is 8. The van der Waals surface area contributed by atoms with Gasteiger partial charge in [-0.2, -0.15) is 5.10 Å². The maximum atomic E-state index is 12.4. The van der Waals surface area contributed by atoms with Gasteiger partial charge in [0, 0.05) is 12.1 Å². The summed E-state index contributed by atoms with van der Waals surface area (Å²) in [4.78, 5) is 24.1.